The molecule has 3 saturated heterocycles. The lowest BCUT2D eigenvalue weighted by molar-refractivity contribution is -0.0525. The van der Waals surface area contributed by atoms with Crippen molar-refractivity contribution >= 4 is 31.3 Å². The molecule has 13 heteroatoms. The lowest BCUT2D eigenvalue weighted by atomic mass is 9.76. The van der Waals surface area contributed by atoms with E-state index in [1.54, 1.807) is 24.8 Å². The van der Waals surface area contributed by atoms with Crippen LogP contribution >= 0.6 is 11.6 Å². The highest BCUT2D eigenvalue weighted by atomic mass is 35.5. The van der Waals surface area contributed by atoms with Crippen molar-refractivity contribution in [2.75, 3.05) is 0 Å². The number of benzene rings is 6. The average Bonchev–Trinajstić information content (AvgIpc) is 3.34. The number of rotatable bonds is 10. The largest absolute Gasteiger partial charge is 0.517 e. The number of ether oxygens (including phenoxy) is 2. The third kappa shape index (κ3) is 13.6. The summed E-state index contributed by atoms with van der Waals surface area (Å²) < 4.78 is 36.8. The zero-order chi connectivity index (χ0) is 62.1. The van der Waals surface area contributed by atoms with Crippen molar-refractivity contribution < 1.29 is 29.5 Å². The Morgan fingerprint density at radius 3 is 0.841 bits per heavy atom. The van der Waals surface area contributed by atoms with Gasteiger partial charge in [-0.25, -0.2) is 0 Å². The van der Waals surface area contributed by atoms with Gasteiger partial charge in [-0.15, -0.1) is 0 Å². The molecule has 3 aliphatic heterocycles. The smallest absolute Gasteiger partial charge is 0.400 e. The minimum Gasteiger partial charge on any atom is -0.400 e. The molecule has 0 radical (unpaired) electrons. The Balaban J connectivity index is 0.000000156. The van der Waals surface area contributed by atoms with E-state index >= 15 is 0 Å². The molecule has 4 aromatic heterocycles. The Morgan fingerprint density at radius 1 is 0.307 bits per heavy atom. The molecule has 0 aliphatic carbocycles. The number of hydrogen-bond donors (Lipinski definition) is 0. The van der Waals surface area contributed by atoms with Gasteiger partial charge in [-0.3, -0.25) is 19.9 Å². The summed E-state index contributed by atoms with van der Waals surface area (Å²) >= 11 is 6.54. The van der Waals surface area contributed by atoms with Crippen LogP contribution in [0.1, 0.15) is 84.5 Å². The molecule has 0 bridgehead atoms. The number of hydrogen-bond acceptors (Lipinski definition) is 10. The lowest BCUT2D eigenvalue weighted by Gasteiger charge is -2.32. The van der Waals surface area contributed by atoms with E-state index in [0.717, 1.165) is 94.5 Å². The van der Waals surface area contributed by atoms with Gasteiger partial charge < -0.3 is 28.1 Å². The monoisotopic (exact) mass is 1190 g/mol. The molecule has 3 aliphatic rings. The fourth-order valence-electron chi connectivity index (χ4n) is 10.7. The molecule has 0 atom stereocenters. The highest BCUT2D eigenvalue weighted by molar-refractivity contribution is 6.62. The standard InChI is InChI=1S/C34H31BN2O2.C28H19ClN2.C13H25BO4.H2/c1-33(2)34(3,4)39-35(38-33)32-20-30(26-11-5-9-24(17-26)28-13-7-15-36-22-28)19-31(21-32)27-12-6-10-25(18-27)29-14-8-16-37-23-29;29-28-16-26(22-7-1-5-20(13-22)24-9-3-11-30-18-24)15-27(17-28)23-8-2-6-21(14-23)25-10-4-12-31-19-25;1-10(2)11(3,4)16-9(15-10)14-17-12(5,6)13(7,8)18-14;/h5-23H,1-4H3;1-19H;9H,1-8H3;1H. The van der Waals surface area contributed by atoms with Gasteiger partial charge in [0, 0.05) is 78.3 Å². The summed E-state index contributed by atoms with van der Waals surface area (Å²) in [5.74, 6) is 0. The van der Waals surface area contributed by atoms with Crippen LogP contribution in [-0.2, 0) is 28.1 Å². The Kier molecular flexibility index (Phi) is 17.5. The van der Waals surface area contributed by atoms with Crippen molar-refractivity contribution in [3.8, 4) is 89.0 Å². The van der Waals surface area contributed by atoms with E-state index < -0.39 is 31.6 Å². The SMILES string of the molecule is CC1(C)OB(C2OC(C)(C)C(C)(C)O2)OC1(C)C.CC1(C)OB(c2cc(-c3cccc(-c4cccnc4)c3)cc(-c3cccc(-c4cccnc4)c3)c2)OC1(C)C.Clc1cc(-c2cccc(-c3cccnc3)c2)cc(-c2cccc(-c3cccnc3)c2)c1.[HH]. The number of halogens is 1. The topological polar surface area (TPSA) is 107 Å². The predicted molar refractivity (Wildman–Crippen MR) is 361 cm³/mol. The maximum atomic E-state index is 6.54. The first-order valence-corrected chi connectivity index (χ1v) is 30.4. The van der Waals surface area contributed by atoms with Crippen LogP contribution in [0.3, 0.4) is 0 Å². The summed E-state index contributed by atoms with van der Waals surface area (Å²) in [5, 5.41) is 0.714. The molecule has 0 saturated carbocycles. The van der Waals surface area contributed by atoms with Gasteiger partial charge in [0.1, 0.15) is 0 Å². The first-order valence-electron chi connectivity index (χ1n) is 30.0. The minimum atomic E-state index is -0.476. The van der Waals surface area contributed by atoms with E-state index in [2.05, 4.69) is 193 Å². The zero-order valence-corrected chi connectivity index (χ0v) is 53.0. The van der Waals surface area contributed by atoms with Gasteiger partial charge in [0.15, 0.2) is 6.19 Å². The molecule has 0 N–H and O–H groups in total. The molecule has 0 spiro atoms. The molecule has 0 amide bonds. The molecule has 88 heavy (non-hydrogen) atoms. The molecular weight excluding hydrogens is 1110 g/mol. The second-order valence-electron chi connectivity index (χ2n) is 25.7. The van der Waals surface area contributed by atoms with Crippen molar-refractivity contribution in [2.45, 2.75) is 123 Å². The third-order valence-corrected chi connectivity index (χ3v) is 18.1. The van der Waals surface area contributed by atoms with Gasteiger partial charge in [0.2, 0.25) is 0 Å². The highest BCUT2D eigenvalue weighted by Crippen LogP contribution is 2.45. The second-order valence-corrected chi connectivity index (χ2v) is 26.1. The zero-order valence-electron chi connectivity index (χ0n) is 52.3. The average molecular weight is 1190 g/mol. The van der Waals surface area contributed by atoms with Crippen LogP contribution in [0.15, 0.2) is 232 Å². The predicted octanol–water partition coefficient (Wildman–Crippen LogP) is 18.0. The third-order valence-electron chi connectivity index (χ3n) is 17.9. The number of nitrogens with zero attached hydrogens (tertiary/aromatic N) is 4. The molecule has 0 unspecified atom stereocenters. The van der Waals surface area contributed by atoms with Crippen LogP contribution < -0.4 is 5.46 Å². The minimum absolute atomic E-state index is 0. The molecule has 10 aromatic rings. The molecular formula is C75H77B2ClN4O6. The van der Waals surface area contributed by atoms with Gasteiger partial charge in [0.05, 0.1) is 33.6 Å². The summed E-state index contributed by atoms with van der Waals surface area (Å²) in [6.07, 6.45) is 14.3. The Hall–Kier alpha value is -7.90. The van der Waals surface area contributed by atoms with E-state index in [1.807, 2.05) is 117 Å². The maximum absolute atomic E-state index is 6.54. The first kappa shape index (κ1) is 61.7. The van der Waals surface area contributed by atoms with Crippen LogP contribution in [0.25, 0.3) is 89.0 Å². The van der Waals surface area contributed by atoms with Crippen molar-refractivity contribution in [3.05, 3.63) is 237 Å². The van der Waals surface area contributed by atoms with Gasteiger partial charge in [-0.05, 0) is 228 Å². The molecule has 446 valence electrons. The van der Waals surface area contributed by atoms with E-state index in [9.17, 15) is 0 Å². The fraction of sp³-hybridized carbons (Fsp3) is 0.253. The Morgan fingerprint density at radius 2 is 0.557 bits per heavy atom. The molecule has 10 nitrogen and oxygen atoms in total. The molecule has 3 fully saturated rings. The van der Waals surface area contributed by atoms with E-state index in [1.165, 1.54) is 0 Å². The van der Waals surface area contributed by atoms with Gasteiger partial charge in [0.25, 0.3) is 0 Å². The molecule has 13 rings (SSSR count). The molecule has 7 heterocycles. The van der Waals surface area contributed by atoms with Crippen molar-refractivity contribution in [3.63, 3.8) is 0 Å². The van der Waals surface area contributed by atoms with Crippen molar-refractivity contribution in [1.29, 1.82) is 0 Å². The fourth-order valence-corrected chi connectivity index (χ4v) is 10.9. The summed E-state index contributed by atoms with van der Waals surface area (Å²) in [4.78, 5) is 17.1. The highest BCUT2D eigenvalue weighted by Gasteiger charge is 2.61. The van der Waals surface area contributed by atoms with Crippen LogP contribution in [-0.4, -0.2) is 74.0 Å². The van der Waals surface area contributed by atoms with Crippen LogP contribution in [0, 0.1) is 0 Å². The number of pyridine rings is 4. The first-order chi connectivity index (χ1) is 41.9. The van der Waals surface area contributed by atoms with E-state index in [-0.39, 0.29) is 23.8 Å². The van der Waals surface area contributed by atoms with Gasteiger partial charge in [-0.2, -0.15) is 0 Å². The summed E-state index contributed by atoms with van der Waals surface area (Å²) in [6.45, 7) is 24.6. The van der Waals surface area contributed by atoms with E-state index in [4.69, 9.17) is 39.7 Å². The lowest BCUT2D eigenvalue weighted by Crippen LogP contribution is -2.41. The Bertz CT molecular complexity index is 3780. The van der Waals surface area contributed by atoms with E-state index in [0.29, 0.717) is 5.02 Å². The normalized spacial score (nSPS) is 17.6. The van der Waals surface area contributed by atoms with Crippen LogP contribution in [0.2, 0.25) is 5.02 Å². The summed E-state index contributed by atoms with van der Waals surface area (Å²) in [5.41, 5.74) is 16.5. The van der Waals surface area contributed by atoms with Gasteiger partial charge in [-0.1, -0.05) is 121 Å². The van der Waals surface area contributed by atoms with Crippen LogP contribution in [0.4, 0.5) is 0 Å². The van der Waals surface area contributed by atoms with Crippen molar-refractivity contribution in [2.24, 2.45) is 0 Å². The number of aromatic nitrogens is 4. The second kappa shape index (κ2) is 24.9. The summed E-state index contributed by atoms with van der Waals surface area (Å²) in [7, 11) is -0.937. The molecule has 6 aromatic carbocycles. The van der Waals surface area contributed by atoms with Crippen LogP contribution in [0.5, 0.6) is 0 Å². The van der Waals surface area contributed by atoms with Gasteiger partial charge >= 0.3 is 14.2 Å². The summed E-state index contributed by atoms with van der Waals surface area (Å²) in [6, 6.07) is 63.1. The maximum Gasteiger partial charge on any atom is 0.517 e. The quantitative estimate of drug-likeness (QED) is 0.123. The Labute approximate surface area is 526 Å². The van der Waals surface area contributed by atoms with Crippen molar-refractivity contribution in [1.82, 2.24) is 19.9 Å².